The van der Waals surface area contributed by atoms with Crippen LogP contribution >= 0.6 is 0 Å². The lowest BCUT2D eigenvalue weighted by atomic mass is 10.4. The molecule has 1 rings (SSSR count). The summed E-state index contributed by atoms with van der Waals surface area (Å²) in [4.78, 5) is 24.0. The second kappa shape index (κ2) is 4.99. The van der Waals surface area contributed by atoms with E-state index in [0.29, 0.717) is 12.3 Å². The zero-order valence-corrected chi connectivity index (χ0v) is 8.19. The number of carboxylic acid groups (broad SMARTS) is 1. The van der Waals surface area contributed by atoms with E-state index in [0.717, 1.165) is 0 Å². The minimum absolute atomic E-state index is 0.0820. The molecule has 80 valence electrons. The SMILES string of the molecule is CCOC(=O)C=Cc1ccc(C(=O)O)[nH]1. The number of aromatic carboxylic acids is 1. The number of aromatic amines is 1. The number of carbonyl (C=O) groups is 2. The van der Waals surface area contributed by atoms with Crippen molar-refractivity contribution in [3.8, 4) is 0 Å². The molecule has 0 fully saturated rings. The number of nitrogens with one attached hydrogen (secondary N) is 1. The number of carbonyl (C=O) groups excluding carboxylic acids is 1. The quantitative estimate of drug-likeness (QED) is 0.578. The van der Waals surface area contributed by atoms with Crippen LogP contribution in [0.3, 0.4) is 0 Å². The molecule has 0 saturated carbocycles. The molecule has 15 heavy (non-hydrogen) atoms. The van der Waals surface area contributed by atoms with E-state index in [1.165, 1.54) is 18.2 Å². The normalized spacial score (nSPS) is 10.5. The van der Waals surface area contributed by atoms with Gasteiger partial charge in [0.25, 0.3) is 0 Å². The van der Waals surface area contributed by atoms with Gasteiger partial charge in [-0.1, -0.05) is 0 Å². The average Bonchev–Trinajstić information content (AvgIpc) is 2.63. The Morgan fingerprint density at radius 2 is 2.27 bits per heavy atom. The van der Waals surface area contributed by atoms with Crippen LogP contribution in [0.5, 0.6) is 0 Å². The minimum Gasteiger partial charge on any atom is -0.477 e. The van der Waals surface area contributed by atoms with Crippen molar-refractivity contribution in [2.75, 3.05) is 6.61 Å². The van der Waals surface area contributed by atoms with Crippen LogP contribution in [0.15, 0.2) is 18.2 Å². The van der Waals surface area contributed by atoms with Gasteiger partial charge in [0.2, 0.25) is 0 Å². The molecule has 2 N–H and O–H groups in total. The Morgan fingerprint density at radius 3 is 2.80 bits per heavy atom. The van der Waals surface area contributed by atoms with Crippen molar-refractivity contribution in [2.45, 2.75) is 6.92 Å². The molecule has 0 atom stereocenters. The molecule has 0 aliphatic rings. The molecule has 1 aromatic heterocycles. The number of H-pyrrole nitrogens is 1. The van der Waals surface area contributed by atoms with Gasteiger partial charge in [-0.2, -0.15) is 0 Å². The fraction of sp³-hybridized carbons (Fsp3) is 0.200. The van der Waals surface area contributed by atoms with Crippen molar-refractivity contribution >= 4 is 18.0 Å². The number of rotatable bonds is 4. The first kappa shape index (κ1) is 11.0. The van der Waals surface area contributed by atoms with Crippen LogP contribution in [0.1, 0.15) is 23.1 Å². The van der Waals surface area contributed by atoms with Crippen molar-refractivity contribution in [1.29, 1.82) is 0 Å². The lowest BCUT2D eigenvalue weighted by Gasteiger charge is -1.93. The second-order valence-corrected chi connectivity index (χ2v) is 2.72. The second-order valence-electron chi connectivity index (χ2n) is 2.72. The van der Waals surface area contributed by atoms with E-state index >= 15 is 0 Å². The summed E-state index contributed by atoms with van der Waals surface area (Å²) >= 11 is 0. The van der Waals surface area contributed by atoms with Gasteiger partial charge < -0.3 is 14.8 Å². The van der Waals surface area contributed by atoms with E-state index in [1.807, 2.05) is 0 Å². The van der Waals surface area contributed by atoms with Crippen LogP contribution in [0.4, 0.5) is 0 Å². The summed E-state index contributed by atoms with van der Waals surface area (Å²) in [5.74, 6) is -1.49. The molecule has 0 spiro atoms. The summed E-state index contributed by atoms with van der Waals surface area (Å²) < 4.78 is 4.66. The van der Waals surface area contributed by atoms with Gasteiger partial charge in [-0.25, -0.2) is 9.59 Å². The standard InChI is InChI=1S/C10H11NO4/c1-2-15-9(12)6-4-7-3-5-8(11-7)10(13)14/h3-6,11H,2H2,1H3,(H,13,14). The van der Waals surface area contributed by atoms with Gasteiger partial charge in [0.05, 0.1) is 6.61 Å². The zero-order valence-electron chi connectivity index (χ0n) is 8.19. The Labute approximate surface area is 86.4 Å². The van der Waals surface area contributed by atoms with E-state index in [4.69, 9.17) is 5.11 Å². The molecule has 5 heteroatoms. The monoisotopic (exact) mass is 209 g/mol. The molecule has 1 aromatic rings. The van der Waals surface area contributed by atoms with Crippen molar-refractivity contribution in [3.63, 3.8) is 0 Å². The Bertz CT molecular complexity index is 392. The van der Waals surface area contributed by atoms with Crippen LogP contribution in [0, 0.1) is 0 Å². The predicted molar refractivity (Wildman–Crippen MR) is 53.4 cm³/mol. The van der Waals surface area contributed by atoms with Gasteiger partial charge in [0, 0.05) is 11.8 Å². The van der Waals surface area contributed by atoms with E-state index in [9.17, 15) is 9.59 Å². The van der Waals surface area contributed by atoms with Gasteiger partial charge >= 0.3 is 11.9 Å². The number of esters is 1. The first-order valence-corrected chi connectivity index (χ1v) is 4.40. The largest absolute Gasteiger partial charge is 0.477 e. The summed E-state index contributed by atoms with van der Waals surface area (Å²) in [6.07, 6.45) is 2.70. The summed E-state index contributed by atoms with van der Waals surface area (Å²) in [6, 6.07) is 2.99. The van der Waals surface area contributed by atoms with Crippen LogP contribution in [-0.2, 0) is 9.53 Å². The van der Waals surface area contributed by atoms with E-state index in [2.05, 4.69) is 9.72 Å². The van der Waals surface area contributed by atoms with Crippen molar-refractivity contribution in [1.82, 2.24) is 4.98 Å². The maximum atomic E-state index is 10.9. The van der Waals surface area contributed by atoms with Crippen molar-refractivity contribution in [2.24, 2.45) is 0 Å². The number of hydrogen-bond acceptors (Lipinski definition) is 3. The Hall–Kier alpha value is -2.04. The van der Waals surface area contributed by atoms with Crippen LogP contribution in [0.25, 0.3) is 6.08 Å². The molecule has 0 amide bonds. The Balaban J connectivity index is 2.64. The molecule has 0 radical (unpaired) electrons. The van der Waals surface area contributed by atoms with E-state index in [1.54, 1.807) is 13.0 Å². The van der Waals surface area contributed by atoms with Crippen LogP contribution in [-0.4, -0.2) is 28.6 Å². The molecule has 0 aliphatic heterocycles. The van der Waals surface area contributed by atoms with Crippen LogP contribution in [0.2, 0.25) is 0 Å². The average molecular weight is 209 g/mol. The molecule has 5 nitrogen and oxygen atoms in total. The lowest BCUT2D eigenvalue weighted by Crippen LogP contribution is -1.98. The highest BCUT2D eigenvalue weighted by Gasteiger charge is 2.03. The maximum absolute atomic E-state index is 10.9. The summed E-state index contributed by atoms with van der Waals surface area (Å²) in [5.41, 5.74) is 0.624. The van der Waals surface area contributed by atoms with E-state index < -0.39 is 11.9 Å². The summed E-state index contributed by atoms with van der Waals surface area (Å²) in [7, 11) is 0. The number of ether oxygens (including phenoxy) is 1. The topological polar surface area (TPSA) is 79.4 Å². The lowest BCUT2D eigenvalue weighted by molar-refractivity contribution is -0.137. The molecule has 0 saturated heterocycles. The smallest absolute Gasteiger partial charge is 0.352 e. The first-order valence-electron chi connectivity index (χ1n) is 4.40. The third-order valence-electron chi connectivity index (χ3n) is 1.62. The molecular formula is C10H11NO4. The maximum Gasteiger partial charge on any atom is 0.352 e. The van der Waals surface area contributed by atoms with Gasteiger partial charge in [-0.3, -0.25) is 0 Å². The van der Waals surface area contributed by atoms with Crippen LogP contribution < -0.4 is 0 Å². The Kier molecular flexibility index (Phi) is 3.68. The molecule has 0 aromatic carbocycles. The third-order valence-corrected chi connectivity index (χ3v) is 1.62. The third kappa shape index (κ3) is 3.30. The van der Waals surface area contributed by atoms with Gasteiger partial charge in [0.15, 0.2) is 0 Å². The molecule has 0 bridgehead atoms. The molecule has 1 heterocycles. The van der Waals surface area contributed by atoms with Gasteiger partial charge in [-0.15, -0.1) is 0 Å². The molecule has 0 unspecified atom stereocenters. The molecular weight excluding hydrogens is 198 g/mol. The zero-order chi connectivity index (χ0) is 11.3. The highest BCUT2D eigenvalue weighted by Crippen LogP contribution is 2.03. The van der Waals surface area contributed by atoms with Crippen molar-refractivity contribution < 1.29 is 19.4 Å². The van der Waals surface area contributed by atoms with E-state index in [-0.39, 0.29) is 5.69 Å². The first-order chi connectivity index (χ1) is 7.13. The predicted octanol–water partition coefficient (Wildman–Crippen LogP) is 1.29. The number of aromatic nitrogens is 1. The number of carboxylic acids is 1. The highest BCUT2D eigenvalue weighted by molar-refractivity contribution is 5.88. The number of hydrogen-bond donors (Lipinski definition) is 2. The highest BCUT2D eigenvalue weighted by atomic mass is 16.5. The fourth-order valence-electron chi connectivity index (χ4n) is 0.982. The van der Waals surface area contributed by atoms with Crippen molar-refractivity contribution in [3.05, 3.63) is 29.6 Å². The molecule has 0 aliphatic carbocycles. The minimum atomic E-state index is -1.04. The van der Waals surface area contributed by atoms with Gasteiger partial charge in [-0.05, 0) is 25.1 Å². The Morgan fingerprint density at radius 1 is 1.53 bits per heavy atom. The summed E-state index contributed by atoms with van der Waals surface area (Å²) in [6.45, 7) is 2.02. The fourth-order valence-corrected chi connectivity index (χ4v) is 0.982. The van der Waals surface area contributed by atoms with Gasteiger partial charge in [0.1, 0.15) is 5.69 Å². The summed E-state index contributed by atoms with van der Waals surface area (Å²) in [5, 5.41) is 8.61.